The number of phenols is 1. The summed E-state index contributed by atoms with van der Waals surface area (Å²) in [5.41, 5.74) is 5.83. The number of methoxy groups -OCH3 is 2. The lowest BCUT2D eigenvalue weighted by molar-refractivity contribution is 0.0730. The molecule has 0 aliphatic carbocycles. The quantitative estimate of drug-likeness (QED) is 0.227. The standard InChI is InChI=1S/C32H35N3O5/c1-6-7-14-40-25-13-10-22(17-26(25)39-5)30-27-28(24-16-19(2)15-20(3)31(24)36)33-34-29(27)32(37)35(30)18-21-8-11-23(38-4)12-9-21/h8-13,15-17,30,36H,6-7,14,18H2,1-5H3,(H,33,34). The Kier molecular flexibility index (Phi) is 7.69. The molecule has 208 valence electrons. The average molecular weight is 542 g/mol. The number of ether oxygens (including phenoxy) is 3. The predicted octanol–water partition coefficient (Wildman–Crippen LogP) is 6.34. The molecule has 1 aliphatic heterocycles. The smallest absolute Gasteiger partial charge is 0.273 e. The lowest BCUT2D eigenvalue weighted by atomic mass is 9.93. The van der Waals surface area contributed by atoms with E-state index in [1.54, 1.807) is 14.2 Å². The fourth-order valence-electron chi connectivity index (χ4n) is 5.28. The summed E-state index contributed by atoms with van der Waals surface area (Å²) in [7, 11) is 3.24. The van der Waals surface area contributed by atoms with E-state index < -0.39 is 6.04 Å². The summed E-state index contributed by atoms with van der Waals surface area (Å²) in [6.07, 6.45) is 1.97. The van der Waals surface area contributed by atoms with E-state index in [0.717, 1.165) is 46.4 Å². The number of nitrogens with one attached hydrogen (secondary N) is 1. The molecule has 0 radical (unpaired) electrons. The summed E-state index contributed by atoms with van der Waals surface area (Å²) < 4.78 is 17.0. The van der Waals surface area contributed by atoms with Crippen LogP contribution in [0.4, 0.5) is 0 Å². The normalized spacial score (nSPS) is 14.4. The maximum Gasteiger partial charge on any atom is 0.273 e. The molecule has 2 N–H and O–H groups in total. The van der Waals surface area contributed by atoms with Crippen molar-refractivity contribution in [1.29, 1.82) is 0 Å². The largest absolute Gasteiger partial charge is 0.507 e. The van der Waals surface area contributed by atoms with Gasteiger partial charge in [0.05, 0.1) is 26.9 Å². The lowest BCUT2D eigenvalue weighted by Gasteiger charge is -2.27. The van der Waals surface area contributed by atoms with Gasteiger partial charge in [-0.05, 0) is 72.9 Å². The molecule has 0 fully saturated rings. The average Bonchev–Trinajstić information content (AvgIpc) is 3.50. The molecule has 2 heterocycles. The van der Waals surface area contributed by atoms with Crippen molar-refractivity contribution in [3.63, 3.8) is 0 Å². The number of carbonyl (C=O) groups is 1. The Hall–Kier alpha value is -4.46. The number of rotatable bonds is 10. The molecule has 1 atom stereocenters. The topological polar surface area (TPSA) is 96.9 Å². The van der Waals surface area contributed by atoms with Crippen molar-refractivity contribution in [1.82, 2.24) is 15.1 Å². The van der Waals surface area contributed by atoms with Crippen LogP contribution in [0.25, 0.3) is 11.3 Å². The second kappa shape index (κ2) is 11.3. The Morgan fingerprint density at radius 3 is 2.48 bits per heavy atom. The first-order valence-corrected chi connectivity index (χ1v) is 13.5. The summed E-state index contributed by atoms with van der Waals surface area (Å²) in [5, 5.41) is 18.5. The van der Waals surface area contributed by atoms with E-state index >= 15 is 0 Å². The number of carbonyl (C=O) groups excluding carboxylic acids is 1. The number of aromatic hydroxyl groups is 1. The second-order valence-corrected chi connectivity index (χ2v) is 10.1. The van der Waals surface area contributed by atoms with E-state index in [9.17, 15) is 9.90 Å². The van der Waals surface area contributed by atoms with E-state index in [0.29, 0.717) is 41.6 Å². The summed E-state index contributed by atoms with van der Waals surface area (Å²) >= 11 is 0. The van der Waals surface area contributed by atoms with E-state index in [1.165, 1.54) is 0 Å². The van der Waals surface area contributed by atoms with Gasteiger partial charge in [-0.1, -0.05) is 37.6 Å². The van der Waals surface area contributed by atoms with E-state index in [2.05, 4.69) is 17.1 Å². The van der Waals surface area contributed by atoms with Crippen LogP contribution in [-0.4, -0.2) is 46.9 Å². The molecule has 4 aromatic rings. The van der Waals surface area contributed by atoms with Gasteiger partial charge in [-0.2, -0.15) is 5.10 Å². The SMILES string of the molecule is CCCCOc1ccc(C2c3c(-c4cc(C)cc(C)c4O)n[nH]c3C(=O)N2Cc2ccc(OC)cc2)cc1OC. The molecule has 0 saturated carbocycles. The maximum absolute atomic E-state index is 13.9. The molecule has 1 aromatic heterocycles. The third-order valence-corrected chi connectivity index (χ3v) is 7.33. The van der Waals surface area contributed by atoms with Gasteiger partial charge in [-0.15, -0.1) is 0 Å². The number of benzene rings is 3. The molecule has 0 saturated heterocycles. The Morgan fingerprint density at radius 2 is 1.77 bits per heavy atom. The Morgan fingerprint density at radius 1 is 1.00 bits per heavy atom. The van der Waals surface area contributed by atoms with Crippen LogP contribution in [0.5, 0.6) is 23.0 Å². The minimum atomic E-state index is -0.475. The number of aromatic amines is 1. The number of amides is 1. The molecular formula is C32H35N3O5. The van der Waals surface area contributed by atoms with Crippen LogP contribution in [0.1, 0.15) is 64.1 Å². The molecule has 0 spiro atoms. The zero-order valence-corrected chi connectivity index (χ0v) is 23.6. The summed E-state index contributed by atoms with van der Waals surface area (Å²) in [4.78, 5) is 15.7. The number of unbranched alkanes of at least 4 members (excludes halogenated alkanes) is 1. The number of aryl methyl sites for hydroxylation is 2. The Bertz CT molecular complexity index is 1530. The van der Waals surface area contributed by atoms with Crippen molar-refractivity contribution in [2.45, 2.75) is 46.2 Å². The van der Waals surface area contributed by atoms with Gasteiger partial charge in [0.15, 0.2) is 11.5 Å². The van der Waals surface area contributed by atoms with Crippen LogP contribution in [0.2, 0.25) is 0 Å². The maximum atomic E-state index is 13.9. The van der Waals surface area contributed by atoms with Gasteiger partial charge in [0.2, 0.25) is 0 Å². The van der Waals surface area contributed by atoms with Crippen LogP contribution in [0, 0.1) is 13.8 Å². The van der Waals surface area contributed by atoms with Crippen molar-refractivity contribution in [3.05, 3.63) is 88.1 Å². The first kappa shape index (κ1) is 27.1. The Labute approximate surface area is 234 Å². The van der Waals surface area contributed by atoms with Crippen LogP contribution < -0.4 is 14.2 Å². The molecule has 8 heteroatoms. The van der Waals surface area contributed by atoms with Gasteiger partial charge in [0.1, 0.15) is 22.9 Å². The van der Waals surface area contributed by atoms with Crippen LogP contribution in [0.15, 0.2) is 54.6 Å². The highest BCUT2D eigenvalue weighted by Crippen LogP contribution is 2.47. The fourth-order valence-corrected chi connectivity index (χ4v) is 5.28. The van der Waals surface area contributed by atoms with Gasteiger partial charge in [-0.25, -0.2) is 0 Å². The van der Waals surface area contributed by atoms with Crippen molar-refractivity contribution >= 4 is 5.91 Å². The van der Waals surface area contributed by atoms with E-state index in [-0.39, 0.29) is 11.7 Å². The minimum absolute atomic E-state index is 0.150. The number of hydrogen-bond donors (Lipinski definition) is 2. The highest BCUT2D eigenvalue weighted by Gasteiger charge is 2.43. The van der Waals surface area contributed by atoms with Gasteiger partial charge in [-0.3, -0.25) is 9.89 Å². The highest BCUT2D eigenvalue weighted by molar-refractivity contribution is 6.00. The van der Waals surface area contributed by atoms with Gasteiger partial charge >= 0.3 is 0 Å². The van der Waals surface area contributed by atoms with Crippen molar-refractivity contribution in [3.8, 4) is 34.3 Å². The van der Waals surface area contributed by atoms with E-state index in [4.69, 9.17) is 14.2 Å². The fraction of sp³-hybridized carbons (Fsp3) is 0.312. The minimum Gasteiger partial charge on any atom is -0.507 e. The van der Waals surface area contributed by atoms with Crippen molar-refractivity contribution < 1.29 is 24.1 Å². The molecule has 5 rings (SSSR count). The van der Waals surface area contributed by atoms with Crippen LogP contribution in [-0.2, 0) is 6.54 Å². The number of aromatic nitrogens is 2. The number of fused-ring (bicyclic) bond motifs is 1. The predicted molar refractivity (Wildman–Crippen MR) is 153 cm³/mol. The molecule has 8 nitrogen and oxygen atoms in total. The first-order valence-electron chi connectivity index (χ1n) is 13.5. The second-order valence-electron chi connectivity index (χ2n) is 10.1. The summed E-state index contributed by atoms with van der Waals surface area (Å²) in [6.45, 7) is 6.92. The molecule has 40 heavy (non-hydrogen) atoms. The number of H-pyrrole nitrogens is 1. The van der Waals surface area contributed by atoms with Gasteiger partial charge in [0, 0.05) is 17.7 Å². The number of phenolic OH excluding ortho intramolecular Hbond substituents is 1. The lowest BCUT2D eigenvalue weighted by Crippen LogP contribution is -2.29. The van der Waals surface area contributed by atoms with Crippen molar-refractivity contribution in [2.75, 3.05) is 20.8 Å². The molecular weight excluding hydrogens is 506 g/mol. The van der Waals surface area contributed by atoms with Gasteiger partial charge in [0.25, 0.3) is 5.91 Å². The monoisotopic (exact) mass is 541 g/mol. The van der Waals surface area contributed by atoms with E-state index in [1.807, 2.05) is 73.3 Å². The molecule has 1 aliphatic rings. The molecule has 1 unspecified atom stereocenters. The third-order valence-electron chi connectivity index (χ3n) is 7.33. The summed E-state index contributed by atoms with van der Waals surface area (Å²) in [6, 6.07) is 16.8. The zero-order valence-electron chi connectivity index (χ0n) is 23.6. The van der Waals surface area contributed by atoms with Crippen LogP contribution >= 0.6 is 0 Å². The molecule has 3 aromatic carbocycles. The summed E-state index contributed by atoms with van der Waals surface area (Å²) in [5.74, 6) is 1.99. The zero-order chi connectivity index (χ0) is 28.4. The van der Waals surface area contributed by atoms with Crippen LogP contribution in [0.3, 0.4) is 0 Å². The molecule has 0 bridgehead atoms. The first-order chi connectivity index (χ1) is 19.4. The highest BCUT2D eigenvalue weighted by atomic mass is 16.5. The Balaban J connectivity index is 1.63. The number of nitrogens with zero attached hydrogens (tertiary/aromatic N) is 2. The van der Waals surface area contributed by atoms with Crippen molar-refractivity contribution in [2.24, 2.45) is 0 Å². The molecule has 1 amide bonds. The van der Waals surface area contributed by atoms with Gasteiger partial charge < -0.3 is 24.2 Å². The third kappa shape index (κ3) is 4.97. The number of hydrogen-bond acceptors (Lipinski definition) is 6.